The maximum atomic E-state index is 12.9. The molecule has 2 atom stereocenters. The van der Waals surface area contributed by atoms with Crippen LogP contribution in [0.15, 0.2) is 48.5 Å². The minimum Gasteiger partial charge on any atom is -0.443 e. The number of nitrogens with one attached hydrogen (secondary N) is 2. The molecule has 0 bridgehead atoms. The van der Waals surface area contributed by atoms with Gasteiger partial charge in [-0.2, -0.15) is 0 Å². The standard InChI is InChI=1S/C27H33N3O2/c1-17-15-22-21-7-5-6-8-23(21)29-25(22)24(28-17)19-11-13-20(14-12-19)30(16-18-9-10-18)26(31)32-27(2,3)4/h5-8,11-14,17-18,24,28-29H,9-10,15-16H2,1-4H3/t17-,24-/m0/s1. The number of para-hydroxylation sites is 1. The van der Waals surface area contributed by atoms with E-state index in [0.717, 1.165) is 18.7 Å². The van der Waals surface area contributed by atoms with E-state index in [4.69, 9.17) is 4.74 Å². The number of aromatic amines is 1. The molecule has 1 amide bonds. The first-order valence-corrected chi connectivity index (χ1v) is 11.7. The minimum absolute atomic E-state index is 0.105. The molecule has 5 nitrogen and oxygen atoms in total. The van der Waals surface area contributed by atoms with E-state index in [9.17, 15) is 4.79 Å². The van der Waals surface area contributed by atoms with Crippen molar-refractivity contribution in [1.29, 1.82) is 0 Å². The number of hydrogen-bond donors (Lipinski definition) is 2. The Labute approximate surface area is 190 Å². The molecular weight excluding hydrogens is 398 g/mol. The predicted octanol–water partition coefficient (Wildman–Crippen LogP) is 5.94. The van der Waals surface area contributed by atoms with Crippen LogP contribution in [-0.2, 0) is 11.2 Å². The fourth-order valence-electron chi connectivity index (χ4n) is 4.69. The quantitative estimate of drug-likeness (QED) is 0.537. The van der Waals surface area contributed by atoms with Crippen LogP contribution in [0.1, 0.15) is 63.4 Å². The second-order valence-electron chi connectivity index (χ2n) is 10.4. The Morgan fingerprint density at radius 3 is 2.50 bits per heavy atom. The van der Waals surface area contributed by atoms with Gasteiger partial charge in [0.2, 0.25) is 0 Å². The maximum absolute atomic E-state index is 12.9. The molecule has 32 heavy (non-hydrogen) atoms. The van der Waals surface area contributed by atoms with Crippen molar-refractivity contribution in [3.63, 3.8) is 0 Å². The number of rotatable bonds is 4. The predicted molar refractivity (Wildman–Crippen MR) is 129 cm³/mol. The van der Waals surface area contributed by atoms with Crippen LogP contribution in [0.3, 0.4) is 0 Å². The first kappa shape index (κ1) is 21.1. The average Bonchev–Trinajstić information content (AvgIpc) is 3.49. The first-order valence-electron chi connectivity index (χ1n) is 11.7. The summed E-state index contributed by atoms with van der Waals surface area (Å²) in [6.07, 6.45) is 3.12. The van der Waals surface area contributed by atoms with Crippen molar-refractivity contribution in [3.8, 4) is 0 Å². The van der Waals surface area contributed by atoms with E-state index < -0.39 is 5.60 Å². The van der Waals surface area contributed by atoms with E-state index in [2.05, 4.69) is 65.8 Å². The van der Waals surface area contributed by atoms with Gasteiger partial charge in [-0.1, -0.05) is 30.3 Å². The van der Waals surface area contributed by atoms with E-state index in [-0.39, 0.29) is 12.1 Å². The highest BCUT2D eigenvalue weighted by atomic mass is 16.6. The summed E-state index contributed by atoms with van der Waals surface area (Å²) in [5.41, 5.74) is 5.44. The molecule has 1 saturated carbocycles. The SMILES string of the molecule is C[C@H]1Cc2c([nH]c3ccccc23)[C@H](c2ccc(N(CC3CC3)C(=O)OC(C)(C)C)cc2)N1. The van der Waals surface area contributed by atoms with E-state index in [1.807, 2.05) is 20.8 Å². The third kappa shape index (κ3) is 4.26. The van der Waals surface area contributed by atoms with Crippen LogP contribution in [0.25, 0.3) is 10.9 Å². The molecule has 2 aromatic carbocycles. The van der Waals surface area contributed by atoms with Gasteiger partial charge in [-0.25, -0.2) is 4.79 Å². The lowest BCUT2D eigenvalue weighted by atomic mass is 9.91. The molecule has 0 radical (unpaired) electrons. The highest BCUT2D eigenvalue weighted by molar-refractivity contribution is 5.88. The molecule has 2 heterocycles. The number of fused-ring (bicyclic) bond motifs is 3. The Hall–Kier alpha value is -2.79. The fourth-order valence-corrected chi connectivity index (χ4v) is 4.69. The summed E-state index contributed by atoms with van der Waals surface area (Å²) in [6, 6.07) is 17.4. The zero-order valence-electron chi connectivity index (χ0n) is 19.4. The van der Waals surface area contributed by atoms with E-state index in [0.29, 0.717) is 12.0 Å². The van der Waals surface area contributed by atoms with E-state index in [1.54, 1.807) is 4.90 Å². The topological polar surface area (TPSA) is 57.4 Å². The molecule has 2 N–H and O–H groups in total. The van der Waals surface area contributed by atoms with Crippen molar-refractivity contribution in [2.24, 2.45) is 5.92 Å². The van der Waals surface area contributed by atoms with Crippen molar-refractivity contribution in [3.05, 3.63) is 65.4 Å². The molecule has 1 aliphatic carbocycles. The molecule has 5 heteroatoms. The van der Waals surface area contributed by atoms with Crippen LogP contribution >= 0.6 is 0 Å². The summed E-state index contributed by atoms with van der Waals surface area (Å²) < 4.78 is 5.69. The second-order valence-corrected chi connectivity index (χ2v) is 10.4. The lowest BCUT2D eigenvalue weighted by Gasteiger charge is -2.30. The summed E-state index contributed by atoms with van der Waals surface area (Å²) in [5, 5.41) is 5.08. The molecule has 1 aromatic heterocycles. The lowest BCUT2D eigenvalue weighted by molar-refractivity contribution is 0.0578. The Balaban J connectivity index is 1.44. The third-order valence-electron chi connectivity index (χ3n) is 6.39. The van der Waals surface area contributed by atoms with Gasteiger partial charge in [-0.3, -0.25) is 4.90 Å². The monoisotopic (exact) mass is 431 g/mol. The van der Waals surface area contributed by atoms with Gasteiger partial charge >= 0.3 is 6.09 Å². The molecule has 5 rings (SSSR count). The number of amides is 1. The Morgan fingerprint density at radius 1 is 1.09 bits per heavy atom. The Kier molecular flexibility index (Phi) is 5.25. The van der Waals surface area contributed by atoms with Gasteiger partial charge in [-0.15, -0.1) is 0 Å². The van der Waals surface area contributed by atoms with Gasteiger partial charge in [0.25, 0.3) is 0 Å². The summed E-state index contributed by atoms with van der Waals surface area (Å²) >= 11 is 0. The van der Waals surface area contributed by atoms with Crippen molar-refractivity contribution in [2.75, 3.05) is 11.4 Å². The van der Waals surface area contributed by atoms with Crippen LogP contribution < -0.4 is 10.2 Å². The highest BCUT2D eigenvalue weighted by Gasteiger charge is 2.32. The fraction of sp³-hybridized carbons (Fsp3) is 0.444. The minimum atomic E-state index is -0.507. The van der Waals surface area contributed by atoms with Crippen LogP contribution in [0.5, 0.6) is 0 Å². The van der Waals surface area contributed by atoms with E-state index >= 15 is 0 Å². The Morgan fingerprint density at radius 2 is 1.81 bits per heavy atom. The van der Waals surface area contributed by atoms with Gasteiger partial charge in [0.1, 0.15) is 5.60 Å². The van der Waals surface area contributed by atoms with Crippen molar-refractivity contribution in [1.82, 2.24) is 10.3 Å². The number of benzene rings is 2. The number of hydrogen-bond acceptors (Lipinski definition) is 3. The summed E-state index contributed by atoms with van der Waals surface area (Å²) in [6.45, 7) is 8.70. The summed E-state index contributed by atoms with van der Waals surface area (Å²) in [4.78, 5) is 18.4. The summed E-state index contributed by atoms with van der Waals surface area (Å²) in [5.74, 6) is 0.581. The molecule has 1 aliphatic heterocycles. The number of nitrogens with zero attached hydrogens (tertiary/aromatic N) is 1. The molecule has 2 aliphatic rings. The normalized spacial score (nSPS) is 20.8. The Bertz CT molecular complexity index is 1120. The maximum Gasteiger partial charge on any atom is 0.414 e. The van der Waals surface area contributed by atoms with Crippen molar-refractivity contribution < 1.29 is 9.53 Å². The molecule has 168 valence electrons. The van der Waals surface area contributed by atoms with E-state index in [1.165, 1.54) is 40.6 Å². The summed E-state index contributed by atoms with van der Waals surface area (Å²) in [7, 11) is 0. The highest BCUT2D eigenvalue weighted by Crippen LogP contribution is 2.36. The zero-order valence-corrected chi connectivity index (χ0v) is 19.4. The van der Waals surface area contributed by atoms with Crippen LogP contribution in [-0.4, -0.2) is 29.3 Å². The second kappa shape index (κ2) is 7.96. The zero-order chi connectivity index (χ0) is 22.5. The van der Waals surface area contributed by atoms with Gasteiger partial charge in [0, 0.05) is 34.9 Å². The van der Waals surface area contributed by atoms with Gasteiger partial charge < -0.3 is 15.0 Å². The molecule has 0 saturated heterocycles. The smallest absolute Gasteiger partial charge is 0.414 e. The number of carbonyl (C=O) groups is 1. The number of anilines is 1. The first-order chi connectivity index (χ1) is 15.3. The molecule has 1 fully saturated rings. The number of carbonyl (C=O) groups excluding carboxylic acids is 1. The lowest BCUT2D eigenvalue weighted by Crippen LogP contribution is -2.38. The van der Waals surface area contributed by atoms with Gasteiger partial charge in [-0.05, 0) is 82.2 Å². The van der Waals surface area contributed by atoms with Gasteiger partial charge in [0.15, 0.2) is 0 Å². The molecule has 0 spiro atoms. The number of H-pyrrole nitrogens is 1. The third-order valence-corrected chi connectivity index (χ3v) is 6.39. The molecule has 0 unspecified atom stereocenters. The number of ether oxygens (including phenoxy) is 1. The molecule has 3 aromatic rings. The largest absolute Gasteiger partial charge is 0.443 e. The van der Waals surface area contributed by atoms with Crippen LogP contribution in [0, 0.1) is 5.92 Å². The van der Waals surface area contributed by atoms with Crippen LogP contribution in [0.2, 0.25) is 0 Å². The number of aromatic nitrogens is 1. The average molecular weight is 432 g/mol. The van der Waals surface area contributed by atoms with Crippen molar-refractivity contribution >= 4 is 22.7 Å². The van der Waals surface area contributed by atoms with Crippen molar-refractivity contribution in [2.45, 2.75) is 64.6 Å². The van der Waals surface area contributed by atoms with Crippen LogP contribution in [0.4, 0.5) is 10.5 Å². The van der Waals surface area contributed by atoms with Gasteiger partial charge in [0.05, 0.1) is 6.04 Å². The molecular formula is C27H33N3O2.